The van der Waals surface area contributed by atoms with Crippen molar-refractivity contribution in [1.29, 1.82) is 0 Å². The first-order chi connectivity index (χ1) is 13.4. The van der Waals surface area contributed by atoms with Crippen molar-refractivity contribution in [2.24, 2.45) is 5.92 Å². The number of nitrogens with zero attached hydrogens (tertiary/aromatic N) is 2. The van der Waals surface area contributed by atoms with Gasteiger partial charge in [-0.05, 0) is 36.5 Å². The molecule has 1 saturated heterocycles. The number of rotatable bonds is 5. The summed E-state index contributed by atoms with van der Waals surface area (Å²) in [5.41, 5.74) is 2.62. The van der Waals surface area contributed by atoms with Crippen molar-refractivity contribution < 1.29 is 14.7 Å². The number of terminal acetylenes is 1. The minimum atomic E-state index is -1.20. The SMILES string of the molecule is C#Cc1ccc(-c2cnc(C3CCCN3C(=O)C(NC(=O)O)C(C)C)[nH]2)cc1. The van der Waals surface area contributed by atoms with Crippen LogP contribution in [-0.2, 0) is 4.79 Å². The number of hydrogen-bond acceptors (Lipinski definition) is 3. The highest BCUT2D eigenvalue weighted by molar-refractivity contribution is 5.86. The smallest absolute Gasteiger partial charge is 0.405 e. The van der Waals surface area contributed by atoms with E-state index in [0.717, 1.165) is 29.7 Å². The van der Waals surface area contributed by atoms with Crippen LogP contribution in [0.3, 0.4) is 0 Å². The molecule has 0 saturated carbocycles. The molecule has 1 fully saturated rings. The van der Waals surface area contributed by atoms with Gasteiger partial charge in [0.2, 0.25) is 5.91 Å². The largest absolute Gasteiger partial charge is 0.465 e. The summed E-state index contributed by atoms with van der Waals surface area (Å²) in [6.45, 7) is 4.24. The van der Waals surface area contributed by atoms with E-state index in [1.54, 1.807) is 11.1 Å². The molecule has 1 aromatic carbocycles. The van der Waals surface area contributed by atoms with E-state index in [9.17, 15) is 9.59 Å². The number of H-pyrrole nitrogens is 1. The third-order valence-electron chi connectivity index (χ3n) is 5.02. The third kappa shape index (κ3) is 4.01. The Labute approximate surface area is 164 Å². The highest BCUT2D eigenvalue weighted by Crippen LogP contribution is 2.32. The van der Waals surface area contributed by atoms with Gasteiger partial charge in [-0.2, -0.15) is 0 Å². The summed E-state index contributed by atoms with van der Waals surface area (Å²) < 4.78 is 0. The maximum Gasteiger partial charge on any atom is 0.405 e. The van der Waals surface area contributed by atoms with Gasteiger partial charge in [-0.1, -0.05) is 31.9 Å². The molecule has 1 aromatic heterocycles. The fourth-order valence-corrected chi connectivity index (χ4v) is 3.54. The van der Waals surface area contributed by atoms with Crippen molar-refractivity contribution in [3.05, 3.63) is 41.9 Å². The van der Waals surface area contributed by atoms with Gasteiger partial charge >= 0.3 is 6.09 Å². The quantitative estimate of drug-likeness (QED) is 0.695. The van der Waals surface area contributed by atoms with E-state index in [2.05, 4.69) is 21.2 Å². The first kappa shape index (κ1) is 19.5. The van der Waals surface area contributed by atoms with Crippen LogP contribution in [-0.4, -0.2) is 44.6 Å². The summed E-state index contributed by atoms with van der Waals surface area (Å²) in [6, 6.07) is 6.62. The number of benzene rings is 1. The summed E-state index contributed by atoms with van der Waals surface area (Å²) in [6.07, 6.45) is 7.58. The Bertz CT molecular complexity index is 895. The van der Waals surface area contributed by atoms with Crippen LogP contribution in [0.2, 0.25) is 0 Å². The lowest BCUT2D eigenvalue weighted by Gasteiger charge is -2.29. The van der Waals surface area contributed by atoms with Crippen LogP contribution in [0.4, 0.5) is 4.79 Å². The Hall–Kier alpha value is -3.27. The lowest BCUT2D eigenvalue weighted by atomic mass is 10.0. The normalized spacial score (nSPS) is 17.4. The number of carboxylic acid groups (broad SMARTS) is 1. The Morgan fingerprint density at radius 1 is 1.36 bits per heavy atom. The summed E-state index contributed by atoms with van der Waals surface area (Å²) in [5.74, 6) is 2.94. The molecular formula is C21H24N4O3. The zero-order valence-corrected chi connectivity index (χ0v) is 16.0. The van der Waals surface area contributed by atoms with Gasteiger partial charge in [-0.25, -0.2) is 9.78 Å². The Morgan fingerprint density at radius 3 is 2.68 bits per heavy atom. The molecule has 2 amide bonds. The molecule has 28 heavy (non-hydrogen) atoms. The van der Waals surface area contributed by atoms with Gasteiger partial charge < -0.3 is 20.3 Å². The number of nitrogens with one attached hydrogen (secondary N) is 2. The molecule has 7 heteroatoms. The van der Waals surface area contributed by atoms with Crippen molar-refractivity contribution >= 4 is 12.0 Å². The van der Waals surface area contributed by atoms with Crippen LogP contribution < -0.4 is 5.32 Å². The van der Waals surface area contributed by atoms with Gasteiger partial charge in [0.15, 0.2) is 0 Å². The molecule has 0 radical (unpaired) electrons. The third-order valence-corrected chi connectivity index (χ3v) is 5.02. The van der Waals surface area contributed by atoms with Crippen LogP contribution in [0.1, 0.15) is 44.1 Å². The molecule has 0 aliphatic carbocycles. The molecule has 0 spiro atoms. The number of amides is 2. The zero-order valence-electron chi connectivity index (χ0n) is 16.0. The highest BCUT2D eigenvalue weighted by atomic mass is 16.4. The molecule has 0 bridgehead atoms. The number of carbonyl (C=O) groups is 2. The Morgan fingerprint density at radius 2 is 2.07 bits per heavy atom. The fraction of sp³-hybridized carbons (Fsp3) is 0.381. The van der Waals surface area contributed by atoms with Gasteiger partial charge in [0.1, 0.15) is 11.9 Å². The van der Waals surface area contributed by atoms with Crippen molar-refractivity contribution in [3.63, 3.8) is 0 Å². The Kier molecular flexibility index (Phi) is 5.69. The van der Waals surface area contributed by atoms with Gasteiger partial charge in [0, 0.05) is 12.1 Å². The molecule has 1 aliphatic rings. The van der Waals surface area contributed by atoms with E-state index in [1.807, 2.05) is 38.1 Å². The molecule has 2 unspecified atom stereocenters. The lowest BCUT2D eigenvalue weighted by Crippen LogP contribution is -2.50. The number of imidazole rings is 1. The van der Waals surface area contributed by atoms with Crippen molar-refractivity contribution in [1.82, 2.24) is 20.2 Å². The maximum atomic E-state index is 13.0. The minimum Gasteiger partial charge on any atom is -0.465 e. The molecule has 2 heterocycles. The second-order valence-corrected chi connectivity index (χ2v) is 7.26. The second-order valence-electron chi connectivity index (χ2n) is 7.26. The standard InChI is InChI=1S/C21H24N4O3/c1-4-14-7-9-15(10-8-14)16-12-22-19(23-16)17-6-5-11-25(17)20(26)18(13(2)3)24-21(27)28/h1,7-10,12-13,17-18,24H,5-6,11H2,2-3H3,(H,22,23)(H,27,28). The Balaban J connectivity index is 1.81. The van der Waals surface area contributed by atoms with Gasteiger partial charge in [-0.15, -0.1) is 6.42 Å². The lowest BCUT2D eigenvalue weighted by molar-refractivity contribution is -0.135. The van der Waals surface area contributed by atoms with Crippen LogP contribution in [0.5, 0.6) is 0 Å². The first-order valence-electron chi connectivity index (χ1n) is 9.32. The van der Waals surface area contributed by atoms with E-state index in [4.69, 9.17) is 11.5 Å². The summed E-state index contributed by atoms with van der Waals surface area (Å²) in [5, 5.41) is 11.4. The summed E-state index contributed by atoms with van der Waals surface area (Å²) >= 11 is 0. The first-order valence-corrected chi connectivity index (χ1v) is 9.32. The zero-order chi connectivity index (χ0) is 20.3. The van der Waals surface area contributed by atoms with Gasteiger partial charge in [-0.3, -0.25) is 4.79 Å². The monoisotopic (exact) mass is 380 g/mol. The maximum absolute atomic E-state index is 13.0. The summed E-state index contributed by atoms with van der Waals surface area (Å²) in [7, 11) is 0. The van der Waals surface area contributed by atoms with E-state index in [1.165, 1.54) is 0 Å². The molecule has 2 atom stereocenters. The van der Waals surface area contributed by atoms with E-state index in [0.29, 0.717) is 12.4 Å². The molecule has 2 aromatic rings. The van der Waals surface area contributed by atoms with E-state index < -0.39 is 12.1 Å². The predicted octanol–water partition coefficient (Wildman–Crippen LogP) is 3.01. The van der Waals surface area contributed by atoms with Gasteiger partial charge in [0.05, 0.1) is 17.9 Å². The van der Waals surface area contributed by atoms with Crippen LogP contribution in [0, 0.1) is 18.3 Å². The number of hydrogen-bond donors (Lipinski definition) is 3. The van der Waals surface area contributed by atoms with E-state index >= 15 is 0 Å². The number of likely N-dealkylation sites (tertiary alicyclic amines) is 1. The topological polar surface area (TPSA) is 98.3 Å². The molecule has 3 N–H and O–H groups in total. The minimum absolute atomic E-state index is 0.147. The van der Waals surface area contributed by atoms with E-state index in [-0.39, 0.29) is 17.9 Å². The number of aromatic nitrogens is 2. The molecule has 3 rings (SSSR count). The summed E-state index contributed by atoms with van der Waals surface area (Å²) in [4.78, 5) is 33.6. The molecule has 146 valence electrons. The number of carbonyl (C=O) groups excluding carboxylic acids is 1. The second kappa shape index (κ2) is 8.17. The fourth-order valence-electron chi connectivity index (χ4n) is 3.54. The highest BCUT2D eigenvalue weighted by Gasteiger charge is 2.37. The van der Waals surface area contributed by atoms with Crippen LogP contribution >= 0.6 is 0 Å². The molecule has 1 aliphatic heterocycles. The van der Waals surface area contributed by atoms with Crippen LogP contribution in [0.15, 0.2) is 30.5 Å². The van der Waals surface area contributed by atoms with Crippen LogP contribution in [0.25, 0.3) is 11.3 Å². The van der Waals surface area contributed by atoms with Gasteiger partial charge in [0.25, 0.3) is 0 Å². The van der Waals surface area contributed by atoms with Crippen molar-refractivity contribution in [2.75, 3.05) is 6.54 Å². The average molecular weight is 380 g/mol. The molecule has 7 nitrogen and oxygen atoms in total. The average Bonchev–Trinajstić information content (AvgIpc) is 3.34. The van der Waals surface area contributed by atoms with Crippen molar-refractivity contribution in [2.45, 2.75) is 38.8 Å². The number of aromatic amines is 1. The van der Waals surface area contributed by atoms with Crippen molar-refractivity contribution in [3.8, 4) is 23.6 Å². The molecular weight excluding hydrogens is 356 g/mol. The predicted molar refractivity (Wildman–Crippen MR) is 105 cm³/mol.